The van der Waals surface area contributed by atoms with E-state index in [1.54, 1.807) is 30.5 Å². The van der Waals surface area contributed by atoms with Crippen LogP contribution in [0.3, 0.4) is 0 Å². The van der Waals surface area contributed by atoms with Crippen molar-refractivity contribution in [3.05, 3.63) is 66.9 Å². The highest BCUT2D eigenvalue weighted by Gasteiger charge is 2.17. The summed E-state index contributed by atoms with van der Waals surface area (Å²) in [5.41, 5.74) is 1.51. The molecule has 1 heterocycles. The lowest BCUT2D eigenvalue weighted by Gasteiger charge is -2.11. The van der Waals surface area contributed by atoms with Crippen LogP contribution in [0.25, 0.3) is 21.7 Å². The molecule has 126 valence electrons. The summed E-state index contributed by atoms with van der Waals surface area (Å²) in [6.45, 7) is 2.79. The Morgan fingerprint density at radius 1 is 1.00 bits per heavy atom. The molecule has 3 aromatic carbocycles. The molecular formula is C19H17N3O2S. The maximum absolute atomic E-state index is 12.9. The largest absolute Gasteiger partial charge is 0.280 e. The van der Waals surface area contributed by atoms with E-state index in [1.165, 1.54) is 0 Å². The van der Waals surface area contributed by atoms with Crippen molar-refractivity contribution in [2.24, 2.45) is 0 Å². The first kappa shape index (κ1) is 15.7. The summed E-state index contributed by atoms with van der Waals surface area (Å²) in [7, 11) is -3.68. The van der Waals surface area contributed by atoms with E-state index >= 15 is 0 Å². The van der Waals surface area contributed by atoms with E-state index in [0.29, 0.717) is 11.1 Å². The number of nitrogens with zero attached hydrogens (tertiary/aromatic N) is 2. The van der Waals surface area contributed by atoms with E-state index in [0.717, 1.165) is 22.8 Å². The fourth-order valence-electron chi connectivity index (χ4n) is 3.04. The lowest BCUT2D eigenvalue weighted by Crippen LogP contribution is -2.13. The predicted octanol–water partition coefficient (Wildman–Crippen LogP) is 4.01. The van der Waals surface area contributed by atoms with Gasteiger partial charge in [0, 0.05) is 23.0 Å². The number of rotatable bonds is 4. The van der Waals surface area contributed by atoms with Crippen molar-refractivity contribution < 1.29 is 8.42 Å². The fraction of sp³-hybridized carbons (Fsp3) is 0.105. The average Bonchev–Trinajstić information content (AvgIpc) is 3.03. The summed E-state index contributed by atoms with van der Waals surface area (Å²) < 4.78 is 30.3. The van der Waals surface area contributed by atoms with Gasteiger partial charge < -0.3 is 0 Å². The van der Waals surface area contributed by atoms with Gasteiger partial charge in [0.2, 0.25) is 0 Å². The fourth-order valence-corrected chi connectivity index (χ4v) is 4.32. The zero-order chi connectivity index (χ0) is 17.4. The van der Waals surface area contributed by atoms with Crippen LogP contribution in [-0.2, 0) is 16.6 Å². The van der Waals surface area contributed by atoms with Crippen molar-refractivity contribution in [3.63, 3.8) is 0 Å². The first-order valence-corrected chi connectivity index (χ1v) is 9.53. The molecule has 0 aliphatic carbocycles. The van der Waals surface area contributed by atoms with Crippen LogP contribution in [0.1, 0.15) is 6.92 Å². The molecule has 0 radical (unpaired) electrons. The van der Waals surface area contributed by atoms with Crippen LogP contribution in [0.15, 0.2) is 71.8 Å². The van der Waals surface area contributed by atoms with Gasteiger partial charge in [-0.1, -0.05) is 36.4 Å². The molecule has 0 atom stereocenters. The lowest BCUT2D eigenvalue weighted by molar-refractivity contribution is 0.602. The molecule has 0 amide bonds. The topological polar surface area (TPSA) is 64.0 Å². The number of fused-ring (bicyclic) bond motifs is 2. The van der Waals surface area contributed by atoms with E-state index in [9.17, 15) is 8.42 Å². The second-order valence-corrected chi connectivity index (χ2v) is 7.47. The first-order valence-electron chi connectivity index (χ1n) is 8.04. The van der Waals surface area contributed by atoms with Gasteiger partial charge in [-0.3, -0.25) is 9.40 Å². The van der Waals surface area contributed by atoms with E-state index in [4.69, 9.17) is 0 Å². The third kappa shape index (κ3) is 2.74. The molecule has 0 fully saturated rings. The molecule has 5 nitrogen and oxygen atoms in total. The zero-order valence-electron chi connectivity index (χ0n) is 13.7. The Hall–Kier alpha value is -2.86. The van der Waals surface area contributed by atoms with Crippen LogP contribution in [0, 0.1) is 0 Å². The molecule has 4 rings (SSSR count). The maximum Gasteiger partial charge on any atom is 0.262 e. The second-order valence-electron chi connectivity index (χ2n) is 5.82. The van der Waals surface area contributed by atoms with Gasteiger partial charge in [-0.2, -0.15) is 5.10 Å². The Morgan fingerprint density at radius 3 is 2.64 bits per heavy atom. The van der Waals surface area contributed by atoms with Gasteiger partial charge in [-0.25, -0.2) is 8.42 Å². The third-order valence-corrected chi connectivity index (χ3v) is 5.67. The zero-order valence-corrected chi connectivity index (χ0v) is 14.5. The van der Waals surface area contributed by atoms with Gasteiger partial charge in [-0.15, -0.1) is 0 Å². The Kier molecular flexibility index (Phi) is 3.69. The highest BCUT2D eigenvalue weighted by molar-refractivity contribution is 7.93. The molecule has 0 saturated heterocycles. The summed E-state index contributed by atoms with van der Waals surface area (Å²) in [5, 5.41) is 6.79. The van der Waals surface area contributed by atoms with E-state index in [1.807, 2.05) is 48.0 Å². The van der Waals surface area contributed by atoms with Crippen LogP contribution >= 0.6 is 0 Å². The molecule has 0 spiro atoms. The third-order valence-electron chi connectivity index (χ3n) is 4.23. The smallest absolute Gasteiger partial charge is 0.262 e. The molecule has 0 saturated carbocycles. The molecule has 0 bridgehead atoms. The van der Waals surface area contributed by atoms with Crippen molar-refractivity contribution >= 4 is 37.4 Å². The number of hydrogen-bond donors (Lipinski definition) is 1. The quantitative estimate of drug-likeness (QED) is 0.604. The number of aromatic nitrogens is 2. The highest BCUT2D eigenvalue weighted by Crippen LogP contribution is 2.26. The lowest BCUT2D eigenvalue weighted by atomic mass is 10.1. The SMILES string of the molecule is CCn1ncc2cc(NS(=O)(=O)c3cccc4ccccc34)ccc21. The van der Waals surface area contributed by atoms with Gasteiger partial charge in [0.15, 0.2) is 0 Å². The summed E-state index contributed by atoms with van der Waals surface area (Å²) in [4.78, 5) is 0.273. The molecule has 6 heteroatoms. The van der Waals surface area contributed by atoms with Crippen LogP contribution < -0.4 is 4.72 Å². The Labute approximate surface area is 145 Å². The van der Waals surface area contributed by atoms with Gasteiger partial charge >= 0.3 is 0 Å². The van der Waals surface area contributed by atoms with Crippen molar-refractivity contribution in [3.8, 4) is 0 Å². The number of aryl methyl sites for hydroxylation is 1. The highest BCUT2D eigenvalue weighted by atomic mass is 32.2. The van der Waals surface area contributed by atoms with Crippen molar-refractivity contribution in [2.45, 2.75) is 18.4 Å². The predicted molar refractivity (Wildman–Crippen MR) is 100 cm³/mol. The summed E-state index contributed by atoms with van der Waals surface area (Å²) in [6, 6.07) is 18.2. The normalized spacial score (nSPS) is 11.9. The van der Waals surface area contributed by atoms with Gasteiger partial charge in [0.1, 0.15) is 0 Å². The van der Waals surface area contributed by atoms with E-state index in [-0.39, 0.29) is 4.90 Å². The van der Waals surface area contributed by atoms with Gasteiger partial charge in [0.05, 0.1) is 16.6 Å². The van der Waals surface area contributed by atoms with E-state index < -0.39 is 10.0 Å². The van der Waals surface area contributed by atoms with Crippen molar-refractivity contribution in [1.82, 2.24) is 9.78 Å². The minimum Gasteiger partial charge on any atom is -0.280 e. The molecule has 0 aliphatic heterocycles. The van der Waals surface area contributed by atoms with Gasteiger partial charge in [0.25, 0.3) is 10.0 Å². The second kappa shape index (κ2) is 5.89. The first-order chi connectivity index (χ1) is 12.1. The molecule has 0 aliphatic rings. The molecule has 4 aromatic rings. The van der Waals surface area contributed by atoms with Crippen molar-refractivity contribution in [2.75, 3.05) is 4.72 Å². The van der Waals surface area contributed by atoms with Gasteiger partial charge in [-0.05, 0) is 36.6 Å². The van der Waals surface area contributed by atoms with Crippen LogP contribution in [0.2, 0.25) is 0 Å². The van der Waals surface area contributed by atoms with Crippen molar-refractivity contribution in [1.29, 1.82) is 0 Å². The number of hydrogen-bond acceptors (Lipinski definition) is 3. The summed E-state index contributed by atoms with van der Waals surface area (Å²) in [6.07, 6.45) is 1.74. The number of sulfonamides is 1. The van der Waals surface area contributed by atoms with Crippen LogP contribution in [-0.4, -0.2) is 18.2 Å². The summed E-state index contributed by atoms with van der Waals surface area (Å²) in [5.74, 6) is 0. The number of benzene rings is 3. The molecule has 1 N–H and O–H groups in total. The van der Waals surface area contributed by atoms with E-state index in [2.05, 4.69) is 9.82 Å². The minimum atomic E-state index is -3.68. The molecule has 0 unspecified atom stereocenters. The molecular weight excluding hydrogens is 334 g/mol. The Bertz CT molecular complexity index is 1170. The number of nitrogens with one attached hydrogen (secondary N) is 1. The van der Waals surface area contributed by atoms with Crippen LogP contribution in [0.5, 0.6) is 0 Å². The molecule has 25 heavy (non-hydrogen) atoms. The maximum atomic E-state index is 12.9. The average molecular weight is 351 g/mol. The standard InChI is InChI=1S/C19H17N3O2S/c1-2-22-18-11-10-16(12-15(18)13-20-22)21-25(23,24)19-9-5-7-14-6-3-4-8-17(14)19/h3-13,21H,2H2,1H3. The van der Waals surface area contributed by atoms with Crippen LogP contribution in [0.4, 0.5) is 5.69 Å². The Morgan fingerprint density at radius 2 is 1.80 bits per heavy atom. The Balaban J connectivity index is 1.76. The number of anilines is 1. The summed E-state index contributed by atoms with van der Waals surface area (Å²) >= 11 is 0. The minimum absolute atomic E-state index is 0.273. The monoisotopic (exact) mass is 351 g/mol. The molecule has 1 aromatic heterocycles.